The second-order valence-corrected chi connectivity index (χ2v) is 5.47. The van der Waals surface area contributed by atoms with Gasteiger partial charge in [-0.05, 0) is 29.5 Å². The zero-order valence-electron chi connectivity index (χ0n) is 11.1. The highest BCUT2D eigenvalue weighted by atomic mass is 16.5. The molecule has 1 aromatic carbocycles. The Balaban J connectivity index is 2.54. The lowest BCUT2D eigenvalue weighted by molar-refractivity contribution is 0.429. The molecule has 0 amide bonds. The fraction of sp³-hybridized carbons (Fsp3) is 0.333. The number of hydrogen-bond acceptors (Lipinski definition) is 3. The molecule has 1 heterocycles. The van der Waals surface area contributed by atoms with Crippen LogP contribution in [-0.4, -0.2) is 5.16 Å². The van der Waals surface area contributed by atoms with Gasteiger partial charge in [-0.2, -0.15) is 5.26 Å². The number of nitrogens with zero attached hydrogens (tertiary/aromatic N) is 2. The monoisotopic (exact) mass is 240 g/mol. The van der Waals surface area contributed by atoms with Crippen molar-refractivity contribution in [1.29, 1.82) is 5.26 Å². The van der Waals surface area contributed by atoms with Gasteiger partial charge in [0.15, 0.2) is 11.5 Å². The molecule has 2 aromatic rings. The molecule has 0 saturated heterocycles. The van der Waals surface area contributed by atoms with Gasteiger partial charge in [0.2, 0.25) is 0 Å². The van der Waals surface area contributed by atoms with Crippen molar-refractivity contribution in [2.75, 3.05) is 0 Å². The third-order valence-electron chi connectivity index (χ3n) is 2.99. The number of rotatable bonds is 1. The highest BCUT2D eigenvalue weighted by Gasteiger charge is 2.17. The van der Waals surface area contributed by atoms with Crippen LogP contribution in [0.1, 0.15) is 37.6 Å². The van der Waals surface area contributed by atoms with E-state index in [2.05, 4.69) is 44.1 Å². The van der Waals surface area contributed by atoms with E-state index in [0.717, 1.165) is 11.1 Å². The third-order valence-corrected chi connectivity index (χ3v) is 2.99. The molecular weight excluding hydrogens is 224 g/mol. The molecule has 3 nitrogen and oxygen atoms in total. The van der Waals surface area contributed by atoms with Crippen LogP contribution in [-0.2, 0) is 5.41 Å². The summed E-state index contributed by atoms with van der Waals surface area (Å²) in [4.78, 5) is 0. The maximum Gasteiger partial charge on any atom is 0.184 e. The van der Waals surface area contributed by atoms with Gasteiger partial charge in [-0.3, -0.25) is 0 Å². The highest BCUT2D eigenvalue weighted by Crippen LogP contribution is 2.30. The van der Waals surface area contributed by atoms with Crippen LogP contribution in [0.5, 0.6) is 0 Å². The molecule has 0 N–H and O–H groups in total. The Morgan fingerprint density at radius 3 is 2.50 bits per heavy atom. The van der Waals surface area contributed by atoms with Crippen LogP contribution in [0.15, 0.2) is 28.8 Å². The SMILES string of the molecule is Cc1ccc(C(C)(C)C)cc1-c1cc(C#N)no1. The standard InChI is InChI=1S/C15H16N2O/c1-10-5-6-11(15(2,3)4)7-13(10)14-8-12(9-16)17-18-14/h5-8H,1-4H3. The fourth-order valence-corrected chi connectivity index (χ4v) is 1.81. The maximum atomic E-state index is 8.78. The minimum Gasteiger partial charge on any atom is -0.355 e. The molecule has 0 aliphatic carbocycles. The zero-order chi connectivity index (χ0) is 13.3. The summed E-state index contributed by atoms with van der Waals surface area (Å²) in [6.45, 7) is 8.53. The lowest BCUT2D eigenvalue weighted by atomic mass is 9.85. The van der Waals surface area contributed by atoms with Crippen LogP contribution in [0.25, 0.3) is 11.3 Å². The molecular formula is C15H16N2O. The van der Waals surface area contributed by atoms with Gasteiger partial charge in [-0.15, -0.1) is 0 Å². The summed E-state index contributed by atoms with van der Waals surface area (Å²) in [5.74, 6) is 0.648. The Morgan fingerprint density at radius 1 is 1.22 bits per heavy atom. The molecule has 0 aliphatic heterocycles. The van der Waals surface area contributed by atoms with E-state index in [0.29, 0.717) is 11.5 Å². The fourth-order valence-electron chi connectivity index (χ4n) is 1.81. The predicted molar refractivity (Wildman–Crippen MR) is 70.1 cm³/mol. The first-order chi connectivity index (χ1) is 8.41. The van der Waals surface area contributed by atoms with Crippen molar-refractivity contribution in [1.82, 2.24) is 5.16 Å². The van der Waals surface area contributed by atoms with Crippen molar-refractivity contribution in [2.24, 2.45) is 0 Å². The van der Waals surface area contributed by atoms with Crippen molar-refractivity contribution in [3.8, 4) is 17.4 Å². The van der Waals surface area contributed by atoms with Gasteiger partial charge in [0.05, 0.1) is 0 Å². The molecule has 0 spiro atoms. The molecule has 0 fully saturated rings. The quantitative estimate of drug-likeness (QED) is 0.761. The summed E-state index contributed by atoms with van der Waals surface area (Å²) in [5, 5.41) is 12.5. The van der Waals surface area contributed by atoms with Gasteiger partial charge < -0.3 is 4.52 Å². The number of benzene rings is 1. The van der Waals surface area contributed by atoms with E-state index < -0.39 is 0 Å². The molecule has 0 unspecified atom stereocenters. The summed E-state index contributed by atoms with van der Waals surface area (Å²) in [6.07, 6.45) is 0. The molecule has 1 aromatic heterocycles. The van der Waals surface area contributed by atoms with E-state index in [9.17, 15) is 0 Å². The zero-order valence-corrected chi connectivity index (χ0v) is 11.1. The van der Waals surface area contributed by atoms with Crippen LogP contribution in [0.2, 0.25) is 0 Å². The predicted octanol–water partition coefficient (Wildman–Crippen LogP) is 3.82. The largest absolute Gasteiger partial charge is 0.355 e. The summed E-state index contributed by atoms with van der Waals surface area (Å²) >= 11 is 0. The number of hydrogen-bond donors (Lipinski definition) is 0. The van der Waals surface area contributed by atoms with Crippen molar-refractivity contribution >= 4 is 0 Å². The molecule has 0 bridgehead atoms. The van der Waals surface area contributed by atoms with E-state index in [4.69, 9.17) is 9.78 Å². The lowest BCUT2D eigenvalue weighted by Crippen LogP contribution is -2.11. The average molecular weight is 240 g/mol. The first kappa shape index (κ1) is 12.4. The molecule has 0 aliphatic rings. The number of aryl methyl sites for hydroxylation is 1. The van der Waals surface area contributed by atoms with Gasteiger partial charge in [0, 0.05) is 11.6 Å². The summed E-state index contributed by atoms with van der Waals surface area (Å²) in [7, 11) is 0. The number of nitriles is 1. The van der Waals surface area contributed by atoms with Gasteiger partial charge in [-0.25, -0.2) is 0 Å². The Labute approximate surface area is 107 Å². The van der Waals surface area contributed by atoms with Crippen molar-refractivity contribution in [3.05, 3.63) is 41.1 Å². The van der Waals surface area contributed by atoms with Gasteiger partial charge in [0.25, 0.3) is 0 Å². The van der Waals surface area contributed by atoms with E-state index in [1.165, 1.54) is 5.56 Å². The van der Waals surface area contributed by atoms with Crippen molar-refractivity contribution in [3.63, 3.8) is 0 Å². The topological polar surface area (TPSA) is 49.8 Å². The third kappa shape index (κ3) is 2.28. The Morgan fingerprint density at radius 2 is 1.94 bits per heavy atom. The molecule has 3 heteroatoms. The minimum absolute atomic E-state index is 0.0839. The normalized spacial score (nSPS) is 11.3. The molecule has 0 radical (unpaired) electrons. The van der Waals surface area contributed by atoms with E-state index in [-0.39, 0.29) is 5.41 Å². The van der Waals surface area contributed by atoms with E-state index in [1.54, 1.807) is 6.07 Å². The second kappa shape index (κ2) is 4.30. The highest BCUT2D eigenvalue weighted by molar-refractivity contribution is 5.64. The maximum absolute atomic E-state index is 8.78. The van der Waals surface area contributed by atoms with Crippen molar-refractivity contribution < 1.29 is 4.52 Å². The van der Waals surface area contributed by atoms with E-state index in [1.807, 2.05) is 13.0 Å². The minimum atomic E-state index is 0.0839. The van der Waals surface area contributed by atoms with Crippen LogP contribution >= 0.6 is 0 Å². The smallest absolute Gasteiger partial charge is 0.184 e. The second-order valence-electron chi connectivity index (χ2n) is 5.47. The molecule has 92 valence electrons. The Kier molecular flexibility index (Phi) is 2.96. The summed E-state index contributed by atoms with van der Waals surface area (Å²) in [6, 6.07) is 9.96. The first-order valence-electron chi connectivity index (χ1n) is 5.90. The van der Waals surface area contributed by atoms with Crippen LogP contribution in [0.3, 0.4) is 0 Å². The average Bonchev–Trinajstić information content (AvgIpc) is 2.76. The van der Waals surface area contributed by atoms with Crippen LogP contribution < -0.4 is 0 Å². The first-order valence-corrected chi connectivity index (χ1v) is 5.90. The van der Waals surface area contributed by atoms with Crippen LogP contribution in [0, 0.1) is 18.3 Å². The van der Waals surface area contributed by atoms with Gasteiger partial charge >= 0.3 is 0 Å². The number of aromatic nitrogens is 1. The summed E-state index contributed by atoms with van der Waals surface area (Å²) in [5.41, 5.74) is 3.74. The Bertz CT molecular complexity index is 612. The Hall–Kier alpha value is -2.08. The molecule has 0 saturated carbocycles. The molecule has 2 rings (SSSR count). The molecule has 0 atom stereocenters. The lowest BCUT2D eigenvalue weighted by Gasteiger charge is -2.20. The summed E-state index contributed by atoms with van der Waals surface area (Å²) < 4.78 is 5.22. The van der Waals surface area contributed by atoms with E-state index >= 15 is 0 Å². The van der Waals surface area contributed by atoms with Crippen molar-refractivity contribution in [2.45, 2.75) is 33.1 Å². The van der Waals surface area contributed by atoms with Gasteiger partial charge in [-0.1, -0.05) is 38.1 Å². The van der Waals surface area contributed by atoms with Crippen LogP contribution in [0.4, 0.5) is 0 Å². The van der Waals surface area contributed by atoms with Gasteiger partial charge in [0.1, 0.15) is 6.07 Å². The molecule has 18 heavy (non-hydrogen) atoms.